The normalized spacial score (nSPS) is 11.4. The smallest absolute Gasteiger partial charge is 0.142 e. The van der Waals surface area contributed by atoms with E-state index in [0.717, 1.165) is 22.5 Å². The van der Waals surface area contributed by atoms with Gasteiger partial charge in [-0.3, -0.25) is 0 Å². The number of nitrogens with zero attached hydrogens (tertiary/aromatic N) is 2. The van der Waals surface area contributed by atoms with Gasteiger partial charge in [-0.1, -0.05) is 44.2 Å². The molecule has 0 saturated heterocycles. The summed E-state index contributed by atoms with van der Waals surface area (Å²) < 4.78 is 1.96. The van der Waals surface area contributed by atoms with E-state index in [4.69, 9.17) is 0 Å². The van der Waals surface area contributed by atoms with Gasteiger partial charge >= 0.3 is 0 Å². The fourth-order valence-corrected chi connectivity index (χ4v) is 2.37. The Hall–Kier alpha value is -2.13. The lowest BCUT2D eigenvalue weighted by Gasteiger charge is -2.05. The van der Waals surface area contributed by atoms with Gasteiger partial charge in [-0.2, -0.15) is 0 Å². The van der Waals surface area contributed by atoms with E-state index in [1.807, 2.05) is 28.9 Å². The zero-order valence-corrected chi connectivity index (χ0v) is 11.7. The van der Waals surface area contributed by atoms with E-state index in [-0.39, 0.29) is 6.61 Å². The molecule has 2 aromatic heterocycles. The van der Waals surface area contributed by atoms with Crippen LogP contribution in [0.25, 0.3) is 16.9 Å². The molecule has 102 valence electrons. The average molecular weight is 266 g/mol. The Morgan fingerprint density at radius 2 is 1.90 bits per heavy atom. The van der Waals surface area contributed by atoms with Gasteiger partial charge in [0.1, 0.15) is 5.65 Å². The molecule has 0 saturated carbocycles. The number of benzene rings is 1. The molecule has 0 radical (unpaired) electrons. The fraction of sp³-hybridized carbons (Fsp3) is 0.235. The van der Waals surface area contributed by atoms with Crippen LogP contribution < -0.4 is 0 Å². The summed E-state index contributed by atoms with van der Waals surface area (Å²) in [5, 5.41) is 9.36. The number of aliphatic hydroxyl groups excluding tert-OH is 1. The molecule has 0 aliphatic rings. The first-order chi connectivity index (χ1) is 9.69. The third kappa shape index (κ3) is 2.21. The highest BCUT2D eigenvalue weighted by atomic mass is 16.3. The minimum absolute atomic E-state index is 0.00702. The van der Waals surface area contributed by atoms with Gasteiger partial charge < -0.3 is 9.51 Å². The number of rotatable bonds is 3. The SMILES string of the molecule is CC(C)c1ccc(-c2cn3cccc(CO)c3n2)cc1. The molecular weight excluding hydrogens is 248 g/mol. The van der Waals surface area contributed by atoms with Crippen molar-refractivity contribution in [3.63, 3.8) is 0 Å². The van der Waals surface area contributed by atoms with Crippen LogP contribution in [0.2, 0.25) is 0 Å². The largest absolute Gasteiger partial charge is 0.392 e. The van der Waals surface area contributed by atoms with Crippen molar-refractivity contribution in [3.05, 3.63) is 59.9 Å². The molecule has 3 heteroatoms. The molecule has 0 amide bonds. The number of aromatic nitrogens is 2. The lowest BCUT2D eigenvalue weighted by atomic mass is 10.0. The van der Waals surface area contributed by atoms with E-state index in [1.165, 1.54) is 5.56 Å². The first kappa shape index (κ1) is 12.9. The molecular formula is C17H18N2O. The van der Waals surface area contributed by atoms with E-state index < -0.39 is 0 Å². The van der Waals surface area contributed by atoms with Gasteiger partial charge in [-0.05, 0) is 17.5 Å². The Kier molecular flexibility index (Phi) is 3.28. The monoisotopic (exact) mass is 266 g/mol. The fourth-order valence-electron chi connectivity index (χ4n) is 2.37. The van der Waals surface area contributed by atoms with E-state index in [9.17, 15) is 5.11 Å². The number of fused-ring (bicyclic) bond motifs is 1. The number of imidazole rings is 1. The van der Waals surface area contributed by atoms with Crippen molar-refractivity contribution >= 4 is 5.65 Å². The summed E-state index contributed by atoms with van der Waals surface area (Å²) in [6, 6.07) is 12.3. The first-order valence-corrected chi connectivity index (χ1v) is 6.87. The van der Waals surface area contributed by atoms with Crippen molar-refractivity contribution in [3.8, 4) is 11.3 Å². The van der Waals surface area contributed by atoms with E-state index in [2.05, 4.69) is 43.1 Å². The van der Waals surface area contributed by atoms with Crippen molar-refractivity contribution < 1.29 is 5.11 Å². The Morgan fingerprint density at radius 3 is 2.55 bits per heavy atom. The van der Waals surface area contributed by atoms with E-state index >= 15 is 0 Å². The van der Waals surface area contributed by atoms with Crippen LogP contribution in [0, 0.1) is 0 Å². The van der Waals surface area contributed by atoms with Crippen LogP contribution in [0.15, 0.2) is 48.8 Å². The van der Waals surface area contributed by atoms with Crippen molar-refractivity contribution in [2.45, 2.75) is 26.4 Å². The predicted octanol–water partition coefficient (Wildman–Crippen LogP) is 3.62. The number of hydrogen-bond donors (Lipinski definition) is 1. The molecule has 2 heterocycles. The van der Waals surface area contributed by atoms with Crippen molar-refractivity contribution in [2.75, 3.05) is 0 Å². The van der Waals surface area contributed by atoms with Crippen LogP contribution in [0.5, 0.6) is 0 Å². The topological polar surface area (TPSA) is 37.5 Å². The molecule has 0 unspecified atom stereocenters. The molecule has 3 aromatic rings. The van der Waals surface area contributed by atoms with Gasteiger partial charge in [-0.25, -0.2) is 4.98 Å². The Bertz CT molecular complexity index is 726. The van der Waals surface area contributed by atoms with E-state index in [0.29, 0.717) is 5.92 Å². The Labute approximate surface area is 118 Å². The summed E-state index contributed by atoms with van der Waals surface area (Å²) in [6.07, 6.45) is 3.95. The molecule has 0 spiro atoms. The molecule has 0 aliphatic heterocycles. The number of pyridine rings is 1. The second kappa shape index (κ2) is 5.10. The second-order valence-electron chi connectivity index (χ2n) is 5.33. The maximum Gasteiger partial charge on any atom is 0.142 e. The van der Waals surface area contributed by atoms with Crippen LogP contribution in [0.4, 0.5) is 0 Å². The summed E-state index contributed by atoms with van der Waals surface area (Å²) in [7, 11) is 0. The van der Waals surface area contributed by atoms with Gasteiger partial charge in [0, 0.05) is 23.5 Å². The molecule has 0 bridgehead atoms. The zero-order valence-electron chi connectivity index (χ0n) is 11.7. The number of hydrogen-bond acceptors (Lipinski definition) is 2. The van der Waals surface area contributed by atoms with Crippen molar-refractivity contribution in [2.24, 2.45) is 0 Å². The summed E-state index contributed by atoms with van der Waals surface area (Å²) in [5.41, 5.74) is 5.02. The lowest BCUT2D eigenvalue weighted by molar-refractivity contribution is 0.282. The van der Waals surface area contributed by atoms with Gasteiger partial charge in [-0.15, -0.1) is 0 Å². The minimum atomic E-state index is 0.00702. The summed E-state index contributed by atoms with van der Waals surface area (Å²) in [4.78, 5) is 4.63. The predicted molar refractivity (Wildman–Crippen MR) is 80.6 cm³/mol. The van der Waals surface area contributed by atoms with Crippen LogP contribution in [0.1, 0.15) is 30.9 Å². The van der Waals surface area contributed by atoms with Gasteiger partial charge in [0.15, 0.2) is 0 Å². The second-order valence-corrected chi connectivity index (χ2v) is 5.33. The van der Waals surface area contributed by atoms with E-state index in [1.54, 1.807) is 0 Å². The highest BCUT2D eigenvalue weighted by molar-refractivity contribution is 5.64. The molecule has 3 nitrogen and oxygen atoms in total. The van der Waals surface area contributed by atoms with Crippen molar-refractivity contribution in [1.29, 1.82) is 0 Å². The molecule has 0 fully saturated rings. The summed E-state index contributed by atoms with van der Waals surface area (Å²) in [5.74, 6) is 0.533. The molecule has 3 rings (SSSR count). The Morgan fingerprint density at radius 1 is 1.15 bits per heavy atom. The maximum atomic E-state index is 9.36. The highest BCUT2D eigenvalue weighted by Crippen LogP contribution is 2.23. The molecule has 1 aromatic carbocycles. The van der Waals surface area contributed by atoms with Gasteiger partial charge in [0.05, 0.1) is 12.3 Å². The third-order valence-corrected chi connectivity index (χ3v) is 3.61. The lowest BCUT2D eigenvalue weighted by Crippen LogP contribution is -1.90. The van der Waals surface area contributed by atoms with Crippen LogP contribution in [-0.4, -0.2) is 14.5 Å². The molecule has 20 heavy (non-hydrogen) atoms. The molecule has 0 aliphatic carbocycles. The van der Waals surface area contributed by atoms with Crippen LogP contribution in [0.3, 0.4) is 0 Å². The molecule has 1 N–H and O–H groups in total. The van der Waals surface area contributed by atoms with Gasteiger partial charge in [0.2, 0.25) is 0 Å². The van der Waals surface area contributed by atoms with Gasteiger partial charge in [0.25, 0.3) is 0 Å². The zero-order chi connectivity index (χ0) is 14.1. The first-order valence-electron chi connectivity index (χ1n) is 6.87. The van der Waals surface area contributed by atoms with Crippen LogP contribution in [-0.2, 0) is 6.61 Å². The average Bonchev–Trinajstić information content (AvgIpc) is 2.91. The third-order valence-electron chi connectivity index (χ3n) is 3.61. The summed E-state index contributed by atoms with van der Waals surface area (Å²) in [6.45, 7) is 4.38. The Balaban J connectivity index is 2.06. The molecule has 0 atom stereocenters. The van der Waals surface area contributed by atoms with Crippen molar-refractivity contribution in [1.82, 2.24) is 9.38 Å². The number of aliphatic hydroxyl groups is 1. The highest BCUT2D eigenvalue weighted by Gasteiger charge is 2.08. The minimum Gasteiger partial charge on any atom is -0.392 e. The standard InChI is InChI=1S/C17H18N2O/c1-12(2)13-5-7-14(8-6-13)16-10-19-9-3-4-15(11-20)17(19)18-16/h3-10,12,20H,11H2,1-2H3. The summed E-state index contributed by atoms with van der Waals surface area (Å²) >= 11 is 0. The van der Waals surface area contributed by atoms with Crippen LogP contribution >= 0.6 is 0 Å². The maximum absolute atomic E-state index is 9.36. The quantitative estimate of drug-likeness (QED) is 0.786.